The summed E-state index contributed by atoms with van der Waals surface area (Å²) in [7, 11) is -3.48. The van der Waals surface area contributed by atoms with E-state index in [1.165, 1.54) is 24.3 Å². The van der Waals surface area contributed by atoms with Crippen LogP contribution in [0.5, 0.6) is 0 Å². The van der Waals surface area contributed by atoms with Crippen LogP contribution in [-0.4, -0.2) is 14.7 Å². The molecule has 1 N–H and O–H groups in total. The molecule has 3 nitrogen and oxygen atoms in total. The summed E-state index contributed by atoms with van der Waals surface area (Å²) in [6.45, 7) is 0. The second-order valence-electron chi connectivity index (χ2n) is 4.76. The van der Waals surface area contributed by atoms with Crippen molar-refractivity contribution < 1.29 is 21.6 Å². The molecule has 0 bridgehead atoms. The maximum atomic E-state index is 12.9. The third-order valence-corrected chi connectivity index (χ3v) is 4.10. The summed E-state index contributed by atoms with van der Waals surface area (Å²) in [4.78, 5) is 0. The second kappa shape index (κ2) is 6.22. The minimum Gasteiger partial charge on any atom is -0.284 e. The van der Waals surface area contributed by atoms with Crippen LogP contribution < -0.4 is 4.72 Å². The Morgan fingerprint density at radius 2 is 1.65 bits per heavy atom. The molecule has 0 radical (unpaired) electrons. The number of benzene rings is 2. The number of alkyl halides is 3. The summed E-state index contributed by atoms with van der Waals surface area (Å²) in [5, 5.41) is -0.304. The van der Waals surface area contributed by atoms with Gasteiger partial charge >= 0.3 is 6.18 Å². The highest BCUT2D eigenvalue weighted by Crippen LogP contribution is 2.39. The van der Waals surface area contributed by atoms with Gasteiger partial charge in [-0.25, -0.2) is 8.42 Å². The SMILES string of the molecule is CS(=O)(=O)Nc1ccc(-c2ccc(Cl)c(C(F)(F)F)c2)c(Cl)c1. The first-order chi connectivity index (χ1) is 10.5. The molecule has 0 aromatic heterocycles. The molecule has 0 amide bonds. The van der Waals surface area contributed by atoms with E-state index in [1.54, 1.807) is 0 Å². The molecule has 0 heterocycles. The van der Waals surface area contributed by atoms with Crippen molar-refractivity contribution in [1.82, 2.24) is 0 Å². The number of nitrogens with one attached hydrogen (secondary N) is 1. The van der Waals surface area contributed by atoms with E-state index in [9.17, 15) is 21.6 Å². The van der Waals surface area contributed by atoms with E-state index in [4.69, 9.17) is 23.2 Å². The molecule has 2 rings (SSSR count). The number of rotatable bonds is 3. The normalized spacial score (nSPS) is 12.3. The molecule has 0 saturated heterocycles. The van der Waals surface area contributed by atoms with Crippen LogP contribution in [-0.2, 0) is 16.2 Å². The molecule has 23 heavy (non-hydrogen) atoms. The Balaban J connectivity index is 2.47. The van der Waals surface area contributed by atoms with Gasteiger partial charge in [0.05, 0.1) is 21.9 Å². The van der Waals surface area contributed by atoms with E-state index in [2.05, 4.69) is 4.72 Å². The van der Waals surface area contributed by atoms with Gasteiger partial charge in [-0.3, -0.25) is 4.72 Å². The van der Waals surface area contributed by atoms with E-state index in [0.29, 0.717) is 5.56 Å². The molecular formula is C14H10Cl2F3NO2S. The Hall–Kier alpha value is -1.44. The van der Waals surface area contributed by atoms with Crippen molar-refractivity contribution in [3.05, 3.63) is 52.0 Å². The molecule has 9 heteroatoms. The van der Waals surface area contributed by atoms with Crippen molar-refractivity contribution in [2.75, 3.05) is 11.0 Å². The molecule has 0 aliphatic carbocycles. The number of halogens is 5. The predicted octanol–water partition coefficient (Wildman–Crippen LogP) is 5.05. The van der Waals surface area contributed by atoms with Gasteiger partial charge in [0.2, 0.25) is 10.0 Å². The minimum absolute atomic E-state index is 0.106. The maximum Gasteiger partial charge on any atom is 0.417 e. The molecule has 0 spiro atoms. The average molecular weight is 384 g/mol. The molecule has 124 valence electrons. The van der Waals surface area contributed by atoms with Crippen molar-refractivity contribution in [1.29, 1.82) is 0 Å². The topological polar surface area (TPSA) is 46.2 Å². The number of hydrogen-bond acceptors (Lipinski definition) is 2. The van der Waals surface area contributed by atoms with E-state index in [1.807, 2.05) is 0 Å². The van der Waals surface area contributed by atoms with E-state index in [0.717, 1.165) is 18.4 Å². The third-order valence-electron chi connectivity index (χ3n) is 2.86. The van der Waals surface area contributed by atoms with Gasteiger partial charge in [-0.1, -0.05) is 35.3 Å². The second-order valence-corrected chi connectivity index (χ2v) is 7.32. The largest absolute Gasteiger partial charge is 0.417 e. The number of sulfonamides is 1. The first kappa shape index (κ1) is 17.9. The van der Waals surface area contributed by atoms with E-state index in [-0.39, 0.29) is 16.3 Å². The first-order valence-electron chi connectivity index (χ1n) is 6.12. The molecule has 0 fully saturated rings. The van der Waals surface area contributed by atoms with Gasteiger partial charge in [0.1, 0.15) is 0 Å². The average Bonchev–Trinajstić information content (AvgIpc) is 2.36. The van der Waals surface area contributed by atoms with Gasteiger partial charge in [-0.05, 0) is 29.8 Å². The first-order valence-corrected chi connectivity index (χ1v) is 8.76. The summed E-state index contributed by atoms with van der Waals surface area (Å²) in [5.41, 5.74) is -0.206. The smallest absolute Gasteiger partial charge is 0.284 e. The molecule has 2 aromatic carbocycles. The fourth-order valence-electron chi connectivity index (χ4n) is 1.94. The van der Waals surface area contributed by atoms with Gasteiger partial charge < -0.3 is 0 Å². The molecule has 2 aromatic rings. The lowest BCUT2D eigenvalue weighted by molar-refractivity contribution is -0.137. The molecule has 0 aliphatic heterocycles. The van der Waals surface area contributed by atoms with E-state index < -0.39 is 26.8 Å². The van der Waals surface area contributed by atoms with Crippen LogP contribution >= 0.6 is 23.2 Å². The maximum absolute atomic E-state index is 12.9. The van der Waals surface area contributed by atoms with Crippen molar-refractivity contribution in [2.45, 2.75) is 6.18 Å². The molecule has 0 aliphatic rings. The van der Waals surface area contributed by atoms with Crippen molar-refractivity contribution in [3.8, 4) is 11.1 Å². The highest BCUT2D eigenvalue weighted by molar-refractivity contribution is 7.92. The Labute approximate surface area is 141 Å². The molecule has 0 atom stereocenters. The van der Waals surface area contributed by atoms with Crippen LogP contribution in [0.25, 0.3) is 11.1 Å². The Morgan fingerprint density at radius 1 is 1.00 bits per heavy atom. The predicted molar refractivity (Wildman–Crippen MR) is 85.4 cm³/mol. The van der Waals surface area contributed by atoms with Crippen LogP contribution in [0.1, 0.15) is 5.56 Å². The van der Waals surface area contributed by atoms with Gasteiger partial charge in [0.25, 0.3) is 0 Å². The zero-order chi connectivity index (χ0) is 17.4. The summed E-state index contributed by atoms with van der Waals surface area (Å²) in [6, 6.07) is 7.59. The van der Waals surface area contributed by atoms with Crippen LogP contribution in [0, 0.1) is 0 Å². The van der Waals surface area contributed by atoms with Gasteiger partial charge in [-0.2, -0.15) is 13.2 Å². The Bertz CT molecular complexity index is 852. The zero-order valence-corrected chi connectivity index (χ0v) is 13.9. The quantitative estimate of drug-likeness (QED) is 0.805. The summed E-state index contributed by atoms with van der Waals surface area (Å²) >= 11 is 11.6. The zero-order valence-electron chi connectivity index (χ0n) is 11.6. The summed E-state index contributed by atoms with van der Waals surface area (Å²) in [6.07, 6.45) is -3.61. The van der Waals surface area contributed by atoms with Gasteiger partial charge in [0.15, 0.2) is 0 Å². The molecule has 0 saturated carbocycles. The lowest BCUT2D eigenvalue weighted by atomic mass is 10.0. The van der Waals surface area contributed by atoms with E-state index >= 15 is 0 Å². The van der Waals surface area contributed by atoms with Crippen LogP contribution in [0.3, 0.4) is 0 Å². The fourth-order valence-corrected chi connectivity index (χ4v) is 3.01. The standard InChI is InChI=1S/C14H10Cl2F3NO2S/c1-23(21,22)20-9-3-4-10(13(16)7-9)8-2-5-12(15)11(6-8)14(17,18)19/h2-7,20H,1H3. The van der Waals surface area contributed by atoms with Crippen molar-refractivity contribution in [3.63, 3.8) is 0 Å². The van der Waals surface area contributed by atoms with Crippen molar-refractivity contribution in [2.24, 2.45) is 0 Å². The van der Waals surface area contributed by atoms with Gasteiger partial charge in [-0.15, -0.1) is 0 Å². The van der Waals surface area contributed by atoms with Crippen LogP contribution in [0.15, 0.2) is 36.4 Å². The van der Waals surface area contributed by atoms with Crippen molar-refractivity contribution >= 4 is 38.9 Å². The monoisotopic (exact) mass is 383 g/mol. The number of anilines is 1. The minimum atomic E-state index is -4.59. The summed E-state index contributed by atoms with van der Waals surface area (Å²) in [5.74, 6) is 0. The molecular weight excluding hydrogens is 374 g/mol. The summed E-state index contributed by atoms with van der Waals surface area (Å²) < 4.78 is 63.3. The third kappa shape index (κ3) is 4.53. The lowest BCUT2D eigenvalue weighted by Crippen LogP contribution is -2.09. The Kier molecular flexibility index (Phi) is 4.84. The van der Waals surface area contributed by atoms with Crippen LogP contribution in [0.2, 0.25) is 10.0 Å². The highest BCUT2D eigenvalue weighted by atomic mass is 35.5. The Morgan fingerprint density at radius 3 is 2.17 bits per heavy atom. The fraction of sp³-hybridized carbons (Fsp3) is 0.143. The lowest BCUT2D eigenvalue weighted by Gasteiger charge is -2.13. The highest BCUT2D eigenvalue weighted by Gasteiger charge is 2.33. The molecule has 0 unspecified atom stereocenters. The van der Waals surface area contributed by atoms with Crippen LogP contribution in [0.4, 0.5) is 18.9 Å². The number of hydrogen-bond donors (Lipinski definition) is 1. The van der Waals surface area contributed by atoms with Gasteiger partial charge in [0, 0.05) is 11.3 Å².